The lowest BCUT2D eigenvalue weighted by Crippen LogP contribution is -2.34. The maximum Gasteiger partial charge on any atom is 0.255 e. The first-order valence-electron chi connectivity index (χ1n) is 9.03. The van der Waals surface area contributed by atoms with Gasteiger partial charge in [0.15, 0.2) is 0 Å². The normalized spacial score (nSPS) is 14.8. The van der Waals surface area contributed by atoms with Crippen molar-refractivity contribution in [2.45, 2.75) is 32.4 Å². The van der Waals surface area contributed by atoms with Gasteiger partial charge in [-0.05, 0) is 43.4 Å². The second-order valence-electron chi connectivity index (χ2n) is 6.92. The van der Waals surface area contributed by atoms with Crippen molar-refractivity contribution in [2.24, 2.45) is 5.92 Å². The molecule has 3 aromatic rings. The van der Waals surface area contributed by atoms with Crippen molar-refractivity contribution in [3.8, 4) is 11.3 Å². The molecule has 1 saturated carbocycles. The minimum absolute atomic E-state index is 0.0671. The Morgan fingerprint density at radius 1 is 1.23 bits per heavy atom. The molecule has 1 fully saturated rings. The number of nitrogens with one attached hydrogen (secondary N) is 1. The summed E-state index contributed by atoms with van der Waals surface area (Å²) in [4.78, 5) is 17.0. The Hall–Kier alpha value is -2.95. The van der Waals surface area contributed by atoms with Gasteiger partial charge in [-0.2, -0.15) is 5.10 Å². The molecule has 1 aromatic carbocycles. The van der Waals surface area contributed by atoms with Crippen molar-refractivity contribution in [1.29, 1.82) is 0 Å². The number of amides is 1. The molecule has 2 aromatic heterocycles. The third-order valence-corrected chi connectivity index (χ3v) is 4.82. The smallest absolute Gasteiger partial charge is 0.255 e. The van der Waals surface area contributed by atoms with Crippen LogP contribution in [0.4, 0.5) is 0 Å². The molecule has 1 aliphatic carbocycles. The van der Waals surface area contributed by atoms with E-state index in [1.807, 2.05) is 41.2 Å². The molecule has 1 aliphatic rings. The van der Waals surface area contributed by atoms with Crippen molar-refractivity contribution in [3.05, 3.63) is 72.2 Å². The predicted molar refractivity (Wildman–Crippen MR) is 101 cm³/mol. The van der Waals surface area contributed by atoms with E-state index in [0.29, 0.717) is 23.7 Å². The van der Waals surface area contributed by atoms with Gasteiger partial charge in [0.05, 0.1) is 12.1 Å². The fourth-order valence-electron chi connectivity index (χ4n) is 3.15. The topological polar surface area (TPSA) is 59.8 Å². The third kappa shape index (κ3) is 3.67. The molecule has 0 aliphatic heterocycles. The van der Waals surface area contributed by atoms with Crippen LogP contribution in [0.1, 0.15) is 35.7 Å². The summed E-state index contributed by atoms with van der Waals surface area (Å²) >= 11 is 0. The molecule has 1 N–H and O–H groups in total. The summed E-state index contributed by atoms with van der Waals surface area (Å²) in [5, 5.41) is 7.81. The number of nitrogens with zero attached hydrogens (tertiary/aromatic N) is 3. The molecule has 5 heteroatoms. The highest BCUT2D eigenvalue weighted by Gasteiger charge is 2.30. The number of hydrogen-bond donors (Lipinski definition) is 1. The van der Waals surface area contributed by atoms with Gasteiger partial charge in [-0.1, -0.05) is 30.3 Å². The van der Waals surface area contributed by atoms with Gasteiger partial charge < -0.3 is 5.32 Å². The molecular formula is C21H22N4O. The van der Waals surface area contributed by atoms with E-state index in [1.54, 1.807) is 12.4 Å². The molecule has 132 valence electrons. The lowest BCUT2D eigenvalue weighted by Gasteiger charge is -2.12. The number of rotatable bonds is 6. The van der Waals surface area contributed by atoms with Crippen molar-refractivity contribution in [2.75, 3.05) is 0 Å². The Morgan fingerprint density at radius 3 is 2.73 bits per heavy atom. The van der Waals surface area contributed by atoms with Crippen LogP contribution in [-0.2, 0) is 6.54 Å². The number of hydrogen-bond acceptors (Lipinski definition) is 3. The molecule has 0 bridgehead atoms. The van der Waals surface area contributed by atoms with Crippen LogP contribution in [0.15, 0.2) is 61.1 Å². The summed E-state index contributed by atoms with van der Waals surface area (Å²) in [5.74, 6) is 0.544. The Kier molecular flexibility index (Phi) is 4.52. The van der Waals surface area contributed by atoms with Gasteiger partial charge in [-0.25, -0.2) is 0 Å². The van der Waals surface area contributed by atoms with Gasteiger partial charge in [-0.15, -0.1) is 0 Å². The third-order valence-electron chi connectivity index (χ3n) is 4.82. The van der Waals surface area contributed by atoms with Crippen LogP contribution in [0, 0.1) is 5.92 Å². The molecule has 26 heavy (non-hydrogen) atoms. The van der Waals surface area contributed by atoms with E-state index < -0.39 is 0 Å². The van der Waals surface area contributed by atoms with E-state index >= 15 is 0 Å². The van der Waals surface area contributed by atoms with Crippen molar-refractivity contribution >= 4 is 5.91 Å². The van der Waals surface area contributed by atoms with Gasteiger partial charge in [0.1, 0.15) is 5.69 Å². The lowest BCUT2D eigenvalue weighted by molar-refractivity contribution is 0.0936. The number of pyridine rings is 1. The van der Waals surface area contributed by atoms with E-state index in [0.717, 1.165) is 11.1 Å². The van der Waals surface area contributed by atoms with Crippen LogP contribution in [0.25, 0.3) is 11.3 Å². The summed E-state index contributed by atoms with van der Waals surface area (Å²) in [6.45, 7) is 2.70. The fourth-order valence-corrected chi connectivity index (χ4v) is 3.15. The molecule has 4 rings (SSSR count). The first-order valence-corrected chi connectivity index (χ1v) is 9.03. The van der Waals surface area contributed by atoms with E-state index in [4.69, 9.17) is 0 Å². The molecule has 0 radical (unpaired) electrons. The maximum absolute atomic E-state index is 12.9. The van der Waals surface area contributed by atoms with Gasteiger partial charge >= 0.3 is 0 Å². The van der Waals surface area contributed by atoms with Gasteiger partial charge in [0, 0.05) is 30.2 Å². The zero-order valence-corrected chi connectivity index (χ0v) is 14.8. The zero-order valence-electron chi connectivity index (χ0n) is 14.8. The molecule has 0 unspecified atom stereocenters. The Balaban J connectivity index is 1.64. The highest BCUT2D eigenvalue weighted by molar-refractivity contribution is 5.99. The zero-order chi connectivity index (χ0) is 17.9. The van der Waals surface area contributed by atoms with Crippen LogP contribution in [-0.4, -0.2) is 26.7 Å². The second-order valence-corrected chi connectivity index (χ2v) is 6.92. The minimum Gasteiger partial charge on any atom is -0.349 e. The monoisotopic (exact) mass is 346 g/mol. The molecule has 5 nitrogen and oxygen atoms in total. The van der Waals surface area contributed by atoms with Crippen LogP contribution in [0.3, 0.4) is 0 Å². The SMILES string of the molecule is C[C@H](NC(=O)c1cn(Cc2ccccc2)nc1-c1cccnc1)C1CC1. The van der Waals surface area contributed by atoms with Crippen LogP contribution < -0.4 is 5.32 Å². The average molecular weight is 346 g/mol. The highest BCUT2D eigenvalue weighted by atomic mass is 16.1. The second kappa shape index (κ2) is 7.12. The number of benzene rings is 1. The summed E-state index contributed by atoms with van der Waals surface area (Å²) in [6, 6.07) is 14.1. The summed E-state index contributed by atoms with van der Waals surface area (Å²) in [7, 11) is 0. The van der Waals surface area contributed by atoms with E-state index in [-0.39, 0.29) is 11.9 Å². The van der Waals surface area contributed by atoms with Gasteiger partial charge in [-0.3, -0.25) is 14.5 Å². The van der Waals surface area contributed by atoms with E-state index in [9.17, 15) is 4.79 Å². The Labute approximate surface area is 153 Å². The Morgan fingerprint density at radius 2 is 2.04 bits per heavy atom. The molecule has 2 heterocycles. The van der Waals surface area contributed by atoms with Gasteiger partial charge in [0.2, 0.25) is 0 Å². The highest BCUT2D eigenvalue weighted by Crippen LogP contribution is 2.32. The molecule has 0 saturated heterocycles. The maximum atomic E-state index is 12.9. The molecule has 0 spiro atoms. The first-order chi connectivity index (χ1) is 12.7. The predicted octanol–water partition coefficient (Wildman–Crippen LogP) is 3.52. The summed E-state index contributed by atoms with van der Waals surface area (Å²) in [6.07, 6.45) is 7.70. The fraction of sp³-hybridized carbons (Fsp3) is 0.286. The Bertz CT molecular complexity index is 885. The van der Waals surface area contributed by atoms with Crippen molar-refractivity contribution in [1.82, 2.24) is 20.1 Å². The minimum atomic E-state index is -0.0671. The standard InChI is InChI=1S/C21H22N4O/c1-15(17-9-10-17)23-21(26)19-14-25(13-16-6-3-2-4-7-16)24-20(19)18-8-5-11-22-12-18/h2-8,11-12,14-15,17H,9-10,13H2,1H3,(H,23,26)/t15-/m0/s1. The molecule has 1 atom stereocenters. The van der Waals surface area contributed by atoms with Crippen LogP contribution in [0.5, 0.6) is 0 Å². The first kappa shape index (κ1) is 16.5. The number of carbonyl (C=O) groups is 1. The van der Waals surface area contributed by atoms with Crippen LogP contribution in [0.2, 0.25) is 0 Å². The summed E-state index contributed by atoms with van der Waals surface area (Å²) < 4.78 is 1.83. The number of carbonyl (C=O) groups excluding carboxylic acids is 1. The van der Waals surface area contributed by atoms with Gasteiger partial charge in [0.25, 0.3) is 5.91 Å². The summed E-state index contributed by atoms with van der Waals surface area (Å²) in [5.41, 5.74) is 3.27. The van der Waals surface area contributed by atoms with Crippen molar-refractivity contribution in [3.63, 3.8) is 0 Å². The molecular weight excluding hydrogens is 324 g/mol. The van der Waals surface area contributed by atoms with E-state index in [2.05, 4.69) is 34.5 Å². The lowest BCUT2D eigenvalue weighted by atomic mass is 10.1. The largest absolute Gasteiger partial charge is 0.349 e. The van der Waals surface area contributed by atoms with E-state index in [1.165, 1.54) is 12.8 Å². The quantitative estimate of drug-likeness (QED) is 0.743. The molecule has 1 amide bonds. The average Bonchev–Trinajstić information content (AvgIpc) is 3.44. The number of aromatic nitrogens is 3. The van der Waals surface area contributed by atoms with Crippen LogP contribution >= 0.6 is 0 Å². The van der Waals surface area contributed by atoms with Crippen molar-refractivity contribution < 1.29 is 4.79 Å².